The summed E-state index contributed by atoms with van der Waals surface area (Å²) in [6, 6.07) is 0.0219. The second-order valence-corrected chi connectivity index (χ2v) is 7.96. The van der Waals surface area contributed by atoms with Crippen LogP contribution in [0, 0.1) is 13.8 Å². The van der Waals surface area contributed by atoms with Crippen molar-refractivity contribution in [2.45, 2.75) is 52.1 Å². The van der Waals surface area contributed by atoms with Crippen molar-refractivity contribution < 1.29 is 14.7 Å². The minimum absolute atomic E-state index is 0.0360. The first kappa shape index (κ1) is 19.8. The topological polar surface area (TPSA) is 85.8 Å². The summed E-state index contributed by atoms with van der Waals surface area (Å²) in [7, 11) is 1.86. The minimum Gasteiger partial charge on any atom is -0.480 e. The smallest absolute Gasteiger partial charge is 0.317 e. The Morgan fingerprint density at radius 1 is 1.40 bits per heavy atom. The van der Waals surface area contributed by atoms with Crippen molar-refractivity contribution in [1.29, 1.82) is 0 Å². The molecule has 0 aliphatic carbocycles. The number of aryl methyl sites for hydroxylation is 2. The van der Waals surface area contributed by atoms with Gasteiger partial charge in [-0.25, -0.2) is 4.98 Å². The molecule has 0 spiro atoms. The number of likely N-dealkylation sites (tertiary alicyclic amines) is 1. The van der Waals surface area contributed by atoms with Crippen molar-refractivity contribution in [3.8, 4) is 0 Å². The van der Waals surface area contributed by atoms with E-state index in [9.17, 15) is 9.59 Å². The Morgan fingerprint density at radius 2 is 2.12 bits per heavy atom. The number of carboxylic acid groups (broad SMARTS) is 1. The number of anilines is 1. The third kappa shape index (κ3) is 5.49. The van der Waals surface area contributed by atoms with E-state index in [1.165, 1.54) is 11.3 Å². The van der Waals surface area contributed by atoms with Crippen LogP contribution < -0.4 is 5.32 Å². The van der Waals surface area contributed by atoms with Gasteiger partial charge in [-0.3, -0.25) is 19.4 Å². The van der Waals surface area contributed by atoms with Crippen LogP contribution in [-0.2, 0) is 9.59 Å². The van der Waals surface area contributed by atoms with Crippen LogP contribution in [0.25, 0.3) is 0 Å². The van der Waals surface area contributed by atoms with Crippen molar-refractivity contribution in [3.63, 3.8) is 0 Å². The number of hydrogen-bond acceptors (Lipinski definition) is 6. The second kappa shape index (κ2) is 8.73. The third-order valence-electron chi connectivity index (χ3n) is 4.93. The molecular weight excluding hydrogens is 340 g/mol. The van der Waals surface area contributed by atoms with Crippen LogP contribution in [0.4, 0.5) is 5.13 Å². The monoisotopic (exact) mass is 368 g/mol. The average Bonchev–Trinajstić information content (AvgIpc) is 2.75. The van der Waals surface area contributed by atoms with E-state index in [0.717, 1.165) is 42.9 Å². The maximum absolute atomic E-state index is 12.5. The average molecular weight is 369 g/mol. The van der Waals surface area contributed by atoms with Gasteiger partial charge < -0.3 is 10.4 Å². The Labute approximate surface area is 153 Å². The van der Waals surface area contributed by atoms with Gasteiger partial charge in [0.2, 0.25) is 5.91 Å². The van der Waals surface area contributed by atoms with Crippen molar-refractivity contribution in [2.24, 2.45) is 0 Å². The molecular formula is C17H28N4O3S. The summed E-state index contributed by atoms with van der Waals surface area (Å²) >= 11 is 1.50. The summed E-state index contributed by atoms with van der Waals surface area (Å²) in [6.45, 7) is 7.55. The maximum Gasteiger partial charge on any atom is 0.317 e. The van der Waals surface area contributed by atoms with Crippen LogP contribution in [0.5, 0.6) is 0 Å². The molecule has 1 aliphatic rings. The van der Waals surface area contributed by atoms with Crippen molar-refractivity contribution in [2.75, 3.05) is 32.0 Å². The summed E-state index contributed by atoms with van der Waals surface area (Å²) in [4.78, 5) is 33.0. The number of carboxylic acids is 1. The van der Waals surface area contributed by atoms with Crippen molar-refractivity contribution >= 4 is 28.3 Å². The molecule has 25 heavy (non-hydrogen) atoms. The SMILES string of the molecule is Cc1nc(NC(=O)C(C)N2CCCC(N(C)CC(=O)O)CC2)sc1C. The summed E-state index contributed by atoms with van der Waals surface area (Å²) in [5.41, 5.74) is 0.951. The first-order valence-electron chi connectivity index (χ1n) is 8.69. The Hall–Kier alpha value is -1.51. The van der Waals surface area contributed by atoms with E-state index in [2.05, 4.69) is 15.2 Å². The van der Waals surface area contributed by atoms with E-state index < -0.39 is 5.97 Å². The highest BCUT2D eigenvalue weighted by molar-refractivity contribution is 7.15. The lowest BCUT2D eigenvalue weighted by molar-refractivity contribution is -0.138. The van der Waals surface area contributed by atoms with Crippen LogP contribution in [-0.4, -0.2) is 70.5 Å². The molecule has 8 heteroatoms. The van der Waals surface area contributed by atoms with Crippen LogP contribution in [0.15, 0.2) is 0 Å². The van der Waals surface area contributed by atoms with Gasteiger partial charge in [-0.05, 0) is 53.6 Å². The number of nitrogens with zero attached hydrogens (tertiary/aromatic N) is 3. The highest BCUT2D eigenvalue weighted by Gasteiger charge is 2.27. The highest BCUT2D eigenvalue weighted by atomic mass is 32.1. The molecule has 0 bridgehead atoms. The van der Waals surface area contributed by atoms with Gasteiger partial charge in [-0.2, -0.15) is 0 Å². The fraction of sp³-hybridized carbons (Fsp3) is 0.706. The van der Waals surface area contributed by atoms with Crippen molar-refractivity contribution in [1.82, 2.24) is 14.8 Å². The number of likely N-dealkylation sites (N-methyl/N-ethyl adjacent to an activating group) is 1. The Balaban J connectivity index is 1.90. The lowest BCUT2D eigenvalue weighted by atomic mass is 10.1. The van der Waals surface area contributed by atoms with E-state index in [0.29, 0.717) is 5.13 Å². The molecule has 2 atom stereocenters. The molecule has 2 heterocycles. The van der Waals surface area contributed by atoms with E-state index in [1.807, 2.05) is 32.7 Å². The second-order valence-electron chi connectivity index (χ2n) is 6.76. The van der Waals surface area contributed by atoms with Crippen LogP contribution in [0.1, 0.15) is 36.8 Å². The van der Waals surface area contributed by atoms with Crippen LogP contribution in [0.3, 0.4) is 0 Å². The number of rotatable bonds is 6. The van der Waals surface area contributed by atoms with E-state index in [1.54, 1.807) is 0 Å². The summed E-state index contributed by atoms with van der Waals surface area (Å²) in [5.74, 6) is -0.837. The molecule has 1 aromatic heterocycles. The molecule has 1 saturated heterocycles. The Bertz CT molecular complexity index is 600. The number of hydrogen-bond donors (Lipinski definition) is 2. The molecule has 2 rings (SSSR count). The number of carbonyl (C=O) groups excluding carboxylic acids is 1. The quantitative estimate of drug-likeness (QED) is 0.798. The summed E-state index contributed by atoms with van der Waals surface area (Å²) < 4.78 is 0. The standard InChI is InChI=1S/C17H28N4O3S/c1-11-13(3)25-17(18-11)19-16(24)12(2)21-8-5-6-14(7-9-21)20(4)10-15(22)23/h12,14H,5-10H2,1-4H3,(H,22,23)(H,18,19,24). The molecule has 0 radical (unpaired) electrons. The number of aromatic nitrogens is 1. The van der Waals surface area contributed by atoms with Gasteiger partial charge in [-0.1, -0.05) is 0 Å². The molecule has 7 nitrogen and oxygen atoms in total. The number of amides is 1. The lowest BCUT2D eigenvalue weighted by Crippen LogP contribution is -2.43. The van der Waals surface area contributed by atoms with Crippen LogP contribution in [0.2, 0.25) is 0 Å². The molecule has 0 aromatic carbocycles. The first-order valence-corrected chi connectivity index (χ1v) is 9.50. The van der Waals surface area contributed by atoms with Gasteiger partial charge >= 0.3 is 5.97 Å². The van der Waals surface area contributed by atoms with Crippen molar-refractivity contribution in [3.05, 3.63) is 10.6 Å². The number of thiazole rings is 1. The molecule has 0 saturated carbocycles. The zero-order valence-electron chi connectivity index (χ0n) is 15.4. The number of nitrogens with one attached hydrogen (secondary N) is 1. The van der Waals surface area contributed by atoms with Gasteiger partial charge in [0.25, 0.3) is 0 Å². The molecule has 2 N–H and O–H groups in total. The largest absolute Gasteiger partial charge is 0.480 e. The molecule has 1 aromatic rings. The molecule has 140 valence electrons. The lowest BCUT2D eigenvalue weighted by Gasteiger charge is -2.28. The van der Waals surface area contributed by atoms with E-state index in [4.69, 9.17) is 5.11 Å². The number of carbonyl (C=O) groups is 2. The highest BCUT2D eigenvalue weighted by Crippen LogP contribution is 2.22. The zero-order valence-corrected chi connectivity index (χ0v) is 16.2. The third-order valence-corrected chi connectivity index (χ3v) is 5.91. The van der Waals surface area contributed by atoms with E-state index in [-0.39, 0.29) is 24.5 Å². The Kier molecular flexibility index (Phi) is 6.92. The summed E-state index contributed by atoms with van der Waals surface area (Å²) in [5, 5.41) is 12.5. The summed E-state index contributed by atoms with van der Waals surface area (Å²) in [6.07, 6.45) is 2.79. The molecule has 1 aliphatic heterocycles. The molecule has 1 amide bonds. The fourth-order valence-electron chi connectivity index (χ4n) is 3.17. The van der Waals surface area contributed by atoms with Gasteiger partial charge in [0.1, 0.15) is 0 Å². The number of aliphatic carboxylic acids is 1. The molecule has 2 unspecified atom stereocenters. The molecule has 1 fully saturated rings. The van der Waals surface area contributed by atoms with Gasteiger partial charge in [0, 0.05) is 17.5 Å². The first-order chi connectivity index (χ1) is 11.8. The van der Waals surface area contributed by atoms with Gasteiger partial charge in [-0.15, -0.1) is 11.3 Å². The zero-order chi connectivity index (χ0) is 18.6. The van der Waals surface area contributed by atoms with Gasteiger partial charge in [0.05, 0.1) is 18.3 Å². The van der Waals surface area contributed by atoms with Crippen LogP contribution >= 0.6 is 11.3 Å². The predicted molar refractivity (Wildman–Crippen MR) is 99.2 cm³/mol. The van der Waals surface area contributed by atoms with Gasteiger partial charge in [0.15, 0.2) is 5.13 Å². The Morgan fingerprint density at radius 3 is 2.72 bits per heavy atom. The predicted octanol–water partition coefficient (Wildman–Crippen LogP) is 1.96. The van der Waals surface area contributed by atoms with E-state index >= 15 is 0 Å². The maximum atomic E-state index is 12.5. The normalized spacial score (nSPS) is 20.3. The minimum atomic E-state index is -0.801. The fourth-order valence-corrected chi connectivity index (χ4v) is 3.99.